The fourth-order valence-electron chi connectivity index (χ4n) is 5.64. The molecule has 1 saturated carbocycles. The van der Waals surface area contributed by atoms with E-state index in [0.717, 1.165) is 53.9 Å². The number of pyridine rings is 2. The Labute approximate surface area is 193 Å². The van der Waals surface area contributed by atoms with Crippen molar-refractivity contribution in [1.29, 1.82) is 0 Å². The van der Waals surface area contributed by atoms with Crippen molar-refractivity contribution in [2.24, 2.45) is 13.0 Å². The summed E-state index contributed by atoms with van der Waals surface area (Å²) in [7, 11) is 1.96. The van der Waals surface area contributed by atoms with Gasteiger partial charge >= 0.3 is 0 Å². The van der Waals surface area contributed by atoms with E-state index in [4.69, 9.17) is 4.98 Å². The lowest BCUT2D eigenvalue weighted by molar-refractivity contribution is 0.102. The molecule has 3 aromatic heterocycles. The third-order valence-corrected chi connectivity index (χ3v) is 7.34. The molecule has 8 heteroatoms. The molecule has 0 bridgehead atoms. The third-order valence-electron chi connectivity index (χ3n) is 7.34. The number of rotatable bonds is 5. The van der Waals surface area contributed by atoms with E-state index >= 15 is 0 Å². The van der Waals surface area contributed by atoms with Crippen LogP contribution in [0.3, 0.4) is 0 Å². The summed E-state index contributed by atoms with van der Waals surface area (Å²) in [5, 5.41) is 21.3. The molecule has 8 nitrogen and oxygen atoms in total. The number of hydrogen-bond acceptors (Lipinski definition) is 6. The summed E-state index contributed by atoms with van der Waals surface area (Å²) < 4.78 is 1.96. The SMILES string of the molecule is CC1CC(c2cncc(NC(=O)c3cc(CO)c4c(n3)C(C)(C)CC4)c2)(c2nncn2C)C1. The first kappa shape index (κ1) is 21.7. The number of nitrogens with one attached hydrogen (secondary N) is 1. The lowest BCUT2D eigenvalue weighted by Gasteiger charge is -2.45. The van der Waals surface area contributed by atoms with Crippen molar-refractivity contribution in [2.75, 3.05) is 5.32 Å². The smallest absolute Gasteiger partial charge is 0.274 e. The van der Waals surface area contributed by atoms with E-state index in [-0.39, 0.29) is 23.3 Å². The second-order valence-corrected chi connectivity index (χ2v) is 10.3. The summed E-state index contributed by atoms with van der Waals surface area (Å²) >= 11 is 0. The molecule has 0 radical (unpaired) electrons. The normalized spacial score (nSPS) is 23.1. The molecule has 0 atom stereocenters. The van der Waals surface area contributed by atoms with Gasteiger partial charge in [0.2, 0.25) is 0 Å². The molecule has 0 aromatic carbocycles. The van der Waals surface area contributed by atoms with Crippen molar-refractivity contribution in [3.8, 4) is 0 Å². The topological polar surface area (TPSA) is 106 Å². The number of aliphatic hydroxyl groups is 1. The summed E-state index contributed by atoms with van der Waals surface area (Å²) in [5.41, 5.74) is 4.37. The molecule has 1 fully saturated rings. The average Bonchev–Trinajstić information content (AvgIpc) is 3.33. The van der Waals surface area contributed by atoms with Gasteiger partial charge in [0.25, 0.3) is 5.91 Å². The van der Waals surface area contributed by atoms with E-state index in [2.05, 4.69) is 41.3 Å². The molecule has 0 saturated heterocycles. The van der Waals surface area contributed by atoms with Gasteiger partial charge in [-0.05, 0) is 60.4 Å². The van der Waals surface area contributed by atoms with Crippen LogP contribution in [0.25, 0.3) is 0 Å². The maximum absolute atomic E-state index is 13.2. The minimum absolute atomic E-state index is 0.101. The quantitative estimate of drug-likeness (QED) is 0.623. The number of amides is 1. The fourth-order valence-corrected chi connectivity index (χ4v) is 5.64. The summed E-state index contributed by atoms with van der Waals surface area (Å²) in [6, 6.07) is 3.69. The third kappa shape index (κ3) is 3.53. The summed E-state index contributed by atoms with van der Waals surface area (Å²) in [6.45, 7) is 6.39. The van der Waals surface area contributed by atoms with Crippen molar-refractivity contribution in [3.63, 3.8) is 0 Å². The summed E-state index contributed by atoms with van der Waals surface area (Å²) in [5.74, 6) is 1.20. The maximum atomic E-state index is 13.2. The van der Waals surface area contributed by atoms with E-state index in [0.29, 0.717) is 17.3 Å². The van der Waals surface area contributed by atoms with Gasteiger partial charge in [-0.3, -0.25) is 9.78 Å². The molecule has 0 unspecified atom stereocenters. The zero-order valence-corrected chi connectivity index (χ0v) is 19.6. The Kier molecular flexibility index (Phi) is 5.08. The predicted octanol–water partition coefficient (Wildman–Crippen LogP) is 3.29. The van der Waals surface area contributed by atoms with Crippen molar-refractivity contribution < 1.29 is 9.90 Å². The molecule has 33 heavy (non-hydrogen) atoms. The van der Waals surface area contributed by atoms with Gasteiger partial charge in [0.15, 0.2) is 0 Å². The second kappa shape index (κ2) is 7.73. The van der Waals surface area contributed by atoms with Crippen molar-refractivity contribution in [2.45, 2.75) is 63.9 Å². The minimum atomic E-state index is -0.302. The molecule has 172 valence electrons. The molecule has 5 rings (SSSR count). The molecule has 2 aliphatic rings. The molecular formula is C25H30N6O2. The van der Waals surface area contributed by atoms with Crippen molar-refractivity contribution in [3.05, 3.63) is 64.8 Å². The Morgan fingerprint density at radius 1 is 1.27 bits per heavy atom. The van der Waals surface area contributed by atoms with Gasteiger partial charge in [0.1, 0.15) is 17.8 Å². The molecule has 2 N–H and O–H groups in total. The van der Waals surface area contributed by atoms with Crippen LogP contribution in [-0.4, -0.2) is 35.7 Å². The largest absolute Gasteiger partial charge is 0.392 e. The Balaban J connectivity index is 1.46. The highest BCUT2D eigenvalue weighted by Gasteiger charge is 2.48. The highest BCUT2D eigenvalue weighted by atomic mass is 16.3. The lowest BCUT2D eigenvalue weighted by Crippen LogP contribution is -2.43. The first-order valence-electron chi connectivity index (χ1n) is 11.5. The number of hydrogen-bond donors (Lipinski definition) is 2. The van der Waals surface area contributed by atoms with Gasteiger partial charge in [0.05, 0.1) is 29.6 Å². The molecule has 3 heterocycles. The number of carbonyl (C=O) groups is 1. The van der Waals surface area contributed by atoms with Crippen LogP contribution >= 0.6 is 0 Å². The minimum Gasteiger partial charge on any atom is -0.392 e. The monoisotopic (exact) mass is 446 g/mol. The lowest BCUT2D eigenvalue weighted by atomic mass is 9.59. The Morgan fingerprint density at radius 2 is 2.06 bits per heavy atom. The van der Waals surface area contributed by atoms with Gasteiger partial charge in [-0.1, -0.05) is 20.8 Å². The molecular weight excluding hydrogens is 416 g/mol. The Hall–Kier alpha value is -3.13. The van der Waals surface area contributed by atoms with Crippen molar-refractivity contribution >= 4 is 11.6 Å². The number of aryl methyl sites for hydroxylation is 1. The van der Waals surface area contributed by atoms with Crippen LogP contribution in [0.15, 0.2) is 30.9 Å². The number of anilines is 1. The highest BCUT2D eigenvalue weighted by Crippen LogP contribution is 2.51. The maximum Gasteiger partial charge on any atom is 0.274 e. The van der Waals surface area contributed by atoms with E-state index < -0.39 is 0 Å². The second-order valence-electron chi connectivity index (χ2n) is 10.3. The fraction of sp³-hybridized carbons (Fsp3) is 0.480. The molecule has 0 spiro atoms. The zero-order chi connectivity index (χ0) is 23.4. The Bertz CT molecular complexity index is 1230. The molecule has 2 aliphatic carbocycles. The van der Waals surface area contributed by atoms with Gasteiger partial charge < -0.3 is 15.0 Å². The molecule has 0 aliphatic heterocycles. The highest BCUT2D eigenvalue weighted by molar-refractivity contribution is 6.03. The van der Waals surface area contributed by atoms with Gasteiger partial charge in [0, 0.05) is 18.7 Å². The number of nitrogens with zero attached hydrogens (tertiary/aromatic N) is 5. The standard InChI is InChI=1S/C25H30N6O2/c1-15-9-25(10-15,23-30-27-14-31(23)4)17-8-18(12-26-11-17)28-22(33)20-7-16(13-32)19-5-6-24(2,3)21(19)29-20/h7-8,11-12,14-15,32H,5-6,9-10,13H2,1-4H3,(H,28,33). The average molecular weight is 447 g/mol. The predicted molar refractivity (Wildman–Crippen MR) is 124 cm³/mol. The summed E-state index contributed by atoms with van der Waals surface area (Å²) in [6.07, 6.45) is 8.98. The first-order valence-corrected chi connectivity index (χ1v) is 11.5. The van der Waals surface area contributed by atoms with Crippen LogP contribution in [0.2, 0.25) is 0 Å². The van der Waals surface area contributed by atoms with Gasteiger partial charge in [-0.15, -0.1) is 10.2 Å². The number of aliphatic hydroxyl groups excluding tert-OH is 1. The van der Waals surface area contributed by atoms with E-state index in [1.165, 1.54) is 0 Å². The van der Waals surface area contributed by atoms with Crippen LogP contribution < -0.4 is 5.32 Å². The number of aromatic nitrogens is 5. The first-order chi connectivity index (χ1) is 15.7. The van der Waals surface area contributed by atoms with E-state index in [9.17, 15) is 9.90 Å². The van der Waals surface area contributed by atoms with Crippen LogP contribution in [-0.2, 0) is 30.9 Å². The van der Waals surface area contributed by atoms with Crippen LogP contribution in [0.1, 0.15) is 78.7 Å². The molecule has 3 aromatic rings. The van der Waals surface area contributed by atoms with E-state index in [1.54, 1.807) is 18.6 Å². The Morgan fingerprint density at radius 3 is 2.73 bits per heavy atom. The van der Waals surface area contributed by atoms with Crippen LogP contribution in [0.5, 0.6) is 0 Å². The van der Waals surface area contributed by atoms with Gasteiger partial charge in [-0.2, -0.15) is 0 Å². The zero-order valence-electron chi connectivity index (χ0n) is 19.6. The summed E-state index contributed by atoms with van der Waals surface area (Å²) in [4.78, 5) is 22.3. The number of fused-ring (bicyclic) bond motifs is 1. The van der Waals surface area contributed by atoms with Crippen LogP contribution in [0, 0.1) is 5.92 Å². The van der Waals surface area contributed by atoms with Crippen LogP contribution in [0.4, 0.5) is 5.69 Å². The van der Waals surface area contributed by atoms with Crippen molar-refractivity contribution in [1.82, 2.24) is 24.7 Å². The van der Waals surface area contributed by atoms with E-state index in [1.807, 2.05) is 23.9 Å². The number of carbonyl (C=O) groups excluding carboxylic acids is 1. The molecule has 1 amide bonds. The van der Waals surface area contributed by atoms with Gasteiger partial charge in [-0.25, -0.2) is 4.98 Å².